The van der Waals surface area contributed by atoms with Gasteiger partial charge in [-0.1, -0.05) is 6.92 Å². The first-order valence-corrected chi connectivity index (χ1v) is 3.68. The highest BCUT2D eigenvalue weighted by molar-refractivity contribution is 5.43. The minimum Gasteiger partial charge on any atom is -0.363 e. The normalized spacial score (nSPS) is 22.0. The van der Waals surface area contributed by atoms with Crippen molar-refractivity contribution in [2.24, 2.45) is 5.92 Å². The molecule has 1 N–H and O–H groups in total. The quantitative estimate of drug-likeness (QED) is 0.581. The van der Waals surface area contributed by atoms with Crippen LogP contribution in [-0.2, 0) is 0 Å². The van der Waals surface area contributed by atoms with Gasteiger partial charge in [-0.25, -0.2) is 0 Å². The summed E-state index contributed by atoms with van der Waals surface area (Å²) in [6, 6.07) is 4.14. The maximum atomic E-state index is 8.76. The standard InChI is InChI=1S/C9H9N3/c1-6-8(3-10)5-12-7(2)9(6)4-11/h5-6,12H,1-2H3. The van der Waals surface area contributed by atoms with Gasteiger partial charge in [0, 0.05) is 17.8 Å². The monoisotopic (exact) mass is 159 g/mol. The van der Waals surface area contributed by atoms with Crippen molar-refractivity contribution in [1.82, 2.24) is 5.32 Å². The largest absolute Gasteiger partial charge is 0.363 e. The summed E-state index contributed by atoms with van der Waals surface area (Å²) in [6.07, 6.45) is 1.65. The van der Waals surface area contributed by atoms with Gasteiger partial charge < -0.3 is 5.32 Å². The van der Waals surface area contributed by atoms with Crippen molar-refractivity contribution in [1.29, 1.82) is 10.5 Å². The van der Waals surface area contributed by atoms with Crippen LogP contribution in [0.1, 0.15) is 13.8 Å². The molecular formula is C9H9N3. The Labute approximate surface area is 71.6 Å². The lowest BCUT2D eigenvalue weighted by atomic mass is 9.91. The van der Waals surface area contributed by atoms with Crippen molar-refractivity contribution in [2.75, 3.05) is 0 Å². The summed E-state index contributed by atoms with van der Waals surface area (Å²) in [5.41, 5.74) is 2.09. The van der Waals surface area contributed by atoms with Crippen molar-refractivity contribution in [3.63, 3.8) is 0 Å². The first kappa shape index (κ1) is 8.36. The van der Waals surface area contributed by atoms with E-state index in [0.29, 0.717) is 11.1 Å². The average Bonchev–Trinajstić information content (AvgIpc) is 2.06. The van der Waals surface area contributed by atoms with E-state index in [4.69, 9.17) is 10.5 Å². The SMILES string of the molecule is CC1=C(C#N)C(C)C(C#N)=CN1. The minimum atomic E-state index is -0.0683. The maximum absolute atomic E-state index is 8.76. The van der Waals surface area contributed by atoms with Crippen LogP contribution in [-0.4, -0.2) is 0 Å². The van der Waals surface area contributed by atoms with E-state index in [0.717, 1.165) is 5.70 Å². The molecule has 1 atom stereocenters. The third-order valence-corrected chi connectivity index (χ3v) is 2.00. The molecule has 1 aliphatic rings. The van der Waals surface area contributed by atoms with Gasteiger partial charge in [0.15, 0.2) is 0 Å². The van der Waals surface area contributed by atoms with Crippen LogP contribution < -0.4 is 5.32 Å². The summed E-state index contributed by atoms with van der Waals surface area (Å²) in [4.78, 5) is 0. The van der Waals surface area contributed by atoms with Gasteiger partial charge in [0.1, 0.15) is 0 Å². The molecule has 1 heterocycles. The average molecular weight is 159 g/mol. The van der Waals surface area contributed by atoms with E-state index in [-0.39, 0.29) is 5.92 Å². The Morgan fingerprint density at radius 3 is 2.58 bits per heavy atom. The number of nitrogens with zero attached hydrogens (tertiary/aromatic N) is 2. The Morgan fingerprint density at radius 1 is 1.42 bits per heavy atom. The molecule has 0 aromatic heterocycles. The fourth-order valence-corrected chi connectivity index (χ4v) is 1.18. The summed E-state index contributed by atoms with van der Waals surface area (Å²) in [7, 11) is 0. The molecule has 0 amide bonds. The van der Waals surface area contributed by atoms with Gasteiger partial charge in [0.25, 0.3) is 0 Å². The third kappa shape index (κ3) is 1.17. The molecule has 1 aliphatic heterocycles. The fraction of sp³-hybridized carbons (Fsp3) is 0.333. The summed E-state index contributed by atoms with van der Waals surface area (Å²) in [6.45, 7) is 3.69. The topological polar surface area (TPSA) is 59.6 Å². The lowest BCUT2D eigenvalue weighted by Gasteiger charge is -2.17. The molecule has 60 valence electrons. The predicted octanol–water partition coefficient (Wildman–Crippen LogP) is 1.43. The molecule has 3 heteroatoms. The van der Waals surface area contributed by atoms with Crippen LogP contribution in [0.2, 0.25) is 0 Å². The van der Waals surface area contributed by atoms with E-state index >= 15 is 0 Å². The van der Waals surface area contributed by atoms with Gasteiger partial charge in [0.05, 0.1) is 23.3 Å². The molecule has 3 nitrogen and oxygen atoms in total. The molecule has 0 radical (unpaired) electrons. The van der Waals surface area contributed by atoms with Crippen molar-refractivity contribution in [3.05, 3.63) is 23.0 Å². The molecule has 0 saturated carbocycles. The number of nitriles is 2. The van der Waals surface area contributed by atoms with Crippen LogP contribution in [0.3, 0.4) is 0 Å². The van der Waals surface area contributed by atoms with Crippen molar-refractivity contribution in [3.8, 4) is 12.1 Å². The lowest BCUT2D eigenvalue weighted by Crippen LogP contribution is -2.17. The molecule has 12 heavy (non-hydrogen) atoms. The molecule has 1 unspecified atom stereocenters. The second kappa shape index (κ2) is 3.11. The molecule has 0 saturated heterocycles. The summed E-state index contributed by atoms with van der Waals surface area (Å²) >= 11 is 0. The molecule has 0 aliphatic carbocycles. The molecule has 0 fully saturated rings. The molecule has 0 aromatic carbocycles. The number of rotatable bonds is 0. The molecule has 1 rings (SSSR count). The van der Waals surface area contributed by atoms with Crippen LogP contribution in [0.4, 0.5) is 0 Å². The van der Waals surface area contributed by atoms with E-state index in [1.807, 2.05) is 13.8 Å². The third-order valence-electron chi connectivity index (χ3n) is 2.00. The Bertz CT molecular complexity index is 336. The smallest absolute Gasteiger partial charge is 0.0972 e. The second-order valence-corrected chi connectivity index (χ2v) is 2.73. The Hall–Kier alpha value is -1.74. The van der Waals surface area contributed by atoms with E-state index in [2.05, 4.69) is 17.5 Å². The van der Waals surface area contributed by atoms with E-state index in [1.165, 1.54) is 0 Å². The van der Waals surface area contributed by atoms with E-state index in [9.17, 15) is 0 Å². The Morgan fingerprint density at radius 2 is 2.08 bits per heavy atom. The summed E-state index contributed by atoms with van der Waals surface area (Å²) in [5.74, 6) is -0.0683. The number of hydrogen-bond acceptors (Lipinski definition) is 3. The van der Waals surface area contributed by atoms with Crippen LogP contribution in [0, 0.1) is 28.6 Å². The molecule has 0 spiro atoms. The first-order valence-electron chi connectivity index (χ1n) is 3.68. The zero-order chi connectivity index (χ0) is 9.14. The van der Waals surface area contributed by atoms with Crippen molar-refractivity contribution in [2.45, 2.75) is 13.8 Å². The maximum Gasteiger partial charge on any atom is 0.0972 e. The van der Waals surface area contributed by atoms with Crippen LogP contribution in [0.5, 0.6) is 0 Å². The van der Waals surface area contributed by atoms with Crippen molar-refractivity contribution < 1.29 is 0 Å². The number of nitrogens with one attached hydrogen (secondary N) is 1. The number of allylic oxidation sites excluding steroid dienone is 3. The highest BCUT2D eigenvalue weighted by Crippen LogP contribution is 2.23. The van der Waals surface area contributed by atoms with Gasteiger partial charge in [-0.2, -0.15) is 10.5 Å². The fourth-order valence-electron chi connectivity index (χ4n) is 1.18. The van der Waals surface area contributed by atoms with Gasteiger partial charge >= 0.3 is 0 Å². The highest BCUT2D eigenvalue weighted by atomic mass is 14.9. The summed E-state index contributed by atoms with van der Waals surface area (Å²) < 4.78 is 0. The van der Waals surface area contributed by atoms with Gasteiger partial charge in [-0.3, -0.25) is 0 Å². The van der Waals surface area contributed by atoms with Crippen LogP contribution in [0.25, 0.3) is 0 Å². The predicted molar refractivity (Wildman–Crippen MR) is 44.3 cm³/mol. The van der Waals surface area contributed by atoms with E-state index in [1.54, 1.807) is 6.20 Å². The second-order valence-electron chi connectivity index (χ2n) is 2.73. The molecule has 0 aromatic rings. The van der Waals surface area contributed by atoms with E-state index < -0.39 is 0 Å². The van der Waals surface area contributed by atoms with Gasteiger partial charge in [-0.05, 0) is 6.92 Å². The number of dihydropyridines is 1. The van der Waals surface area contributed by atoms with Crippen LogP contribution in [0.15, 0.2) is 23.0 Å². The van der Waals surface area contributed by atoms with Crippen molar-refractivity contribution >= 4 is 0 Å². The Kier molecular flexibility index (Phi) is 2.16. The first-order chi connectivity index (χ1) is 5.70. The lowest BCUT2D eigenvalue weighted by molar-refractivity contribution is 0.779. The summed E-state index contributed by atoms with van der Waals surface area (Å²) in [5, 5.41) is 20.3. The van der Waals surface area contributed by atoms with Gasteiger partial charge in [-0.15, -0.1) is 0 Å². The molecular weight excluding hydrogens is 150 g/mol. The zero-order valence-electron chi connectivity index (χ0n) is 7.05. The zero-order valence-corrected chi connectivity index (χ0v) is 7.05. The minimum absolute atomic E-state index is 0.0683. The Balaban J connectivity index is 3.04. The molecule has 0 bridgehead atoms. The van der Waals surface area contributed by atoms with Gasteiger partial charge in [0.2, 0.25) is 0 Å². The highest BCUT2D eigenvalue weighted by Gasteiger charge is 2.19. The van der Waals surface area contributed by atoms with Crippen LogP contribution >= 0.6 is 0 Å². The number of hydrogen-bond donors (Lipinski definition) is 1.